The summed E-state index contributed by atoms with van der Waals surface area (Å²) < 4.78 is 5.39. The molecule has 0 saturated heterocycles. The van der Waals surface area contributed by atoms with Crippen molar-refractivity contribution in [3.05, 3.63) is 23.9 Å². The number of carbonyl (C=O) groups is 1. The molecular weight excluding hydrogens is 178 g/mol. The average Bonchev–Trinajstić information content (AvgIpc) is 2.15. The summed E-state index contributed by atoms with van der Waals surface area (Å²) in [5.41, 5.74) is 0.638. The lowest BCUT2D eigenvalue weighted by Gasteiger charge is -2.07. The molecule has 0 unspecified atom stereocenters. The lowest BCUT2D eigenvalue weighted by Crippen LogP contribution is -2.06. The molecule has 0 amide bonds. The van der Waals surface area contributed by atoms with Crippen LogP contribution in [-0.4, -0.2) is 17.4 Å². The van der Waals surface area contributed by atoms with E-state index < -0.39 is 0 Å². The normalized spacial score (nSPS) is 10.3. The number of hydrogen-bond donors (Lipinski definition) is 0. The van der Waals surface area contributed by atoms with E-state index in [0.717, 1.165) is 0 Å². The fourth-order valence-electron chi connectivity index (χ4n) is 0.959. The molecule has 1 aromatic rings. The number of rotatable bonds is 4. The maximum absolute atomic E-state index is 11.1. The average molecular weight is 193 g/mol. The molecule has 0 aliphatic rings. The van der Waals surface area contributed by atoms with Gasteiger partial charge in [-0.25, -0.2) is 4.98 Å². The van der Waals surface area contributed by atoms with Gasteiger partial charge in [0, 0.05) is 17.8 Å². The number of ketones is 1. The van der Waals surface area contributed by atoms with Gasteiger partial charge >= 0.3 is 0 Å². The van der Waals surface area contributed by atoms with Crippen LogP contribution in [-0.2, 0) is 0 Å². The predicted molar refractivity (Wildman–Crippen MR) is 54.6 cm³/mol. The van der Waals surface area contributed by atoms with Crippen LogP contribution in [0.15, 0.2) is 18.3 Å². The molecule has 0 aliphatic heterocycles. The number of hydrogen-bond acceptors (Lipinski definition) is 3. The van der Waals surface area contributed by atoms with Crippen LogP contribution < -0.4 is 4.74 Å². The second-order valence-electron chi connectivity index (χ2n) is 3.64. The summed E-state index contributed by atoms with van der Waals surface area (Å²) in [6.07, 6.45) is 1.59. The van der Waals surface area contributed by atoms with Gasteiger partial charge in [0.1, 0.15) is 0 Å². The van der Waals surface area contributed by atoms with Crippen LogP contribution in [0.2, 0.25) is 0 Å². The Balaban J connectivity index is 2.69. The van der Waals surface area contributed by atoms with Crippen molar-refractivity contribution >= 4 is 5.78 Å². The molecule has 0 saturated carbocycles. The smallest absolute Gasteiger partial charge is 0.213 e. The van der Waals surface area contributed by atoms with Crippen LogP contribution in [0.5, 0.6) is 5.88 Å². The van der Waals surface area contributed by atoms with E-state index in [4.69, 9.17) is 4.74 Å². The zero-order valence-corrected chi connectivity index (χ0v) is 8.78. The van der Waals surface area contributed by atoms with Gasteiger partial charge in [0.05, 0.1) is 6.61 Å². The Labute approximate surface area is 84.1 Å². The quantitative estimate of drug-likeness (QED) is 0.689. The molecule has 3 heteroatoms. The predicted octanol–water partition coefficient (Wildman–Crippen LogP) is 2.32. The van der Waals surface area contributed by atoms with Crippen molar-refractivity contribution in [2.45, 2.75) is 20.8 Å². The molecule has 1 aromatic heterocycles. The van der Waals surface area contributed by atoms with Gasteiger partial charge in [-0.15, -0.1) is 0 Å². The van der Waals surface area contributed by atoms with Gasteiger partial charge in [0.25, 0.3) is 0 Å². The first-order chi connectivity index (χ1) is 6.59. The Morgan fingerprint density at radius 1 is 1.57 bits per heavy atom. The van der Waals surface area contributed by atoms with Gasteiger partial charge in [0.2, 0.25) is 5.88 Å². The van der Waals surface area contributed by atoms with Gasteiger partial charge < -0.3 is 4.74 Å². The molecule has 0 aliphatic carbocycles. The number of carbonyl (C=O) groups excluding carboxylic acids is 1. The Morgan fingerprint density at radius 3 is 2.86 bits per heavy atom. The largest absolute Gasteiger partial charge is 0.477 e. The SMILES string of the molecule is CC(=O)c1ccnc(OCC(C)C)c1. The third-order valence-corrected chi connectivity index (χ3v) is 1.71. The zero-order valence-electron chi connectivity index (χ0n) is 8.78. The third-order valence-electron chi connectivity index (χ3n) is 1.71. The third kappa shape index (κ3) is 3.17. The molecule has 1 rings (SSSR count). The monoisotopic (exact) mass is 193 g/mol. The molecule has 76 valence electrons. The van der Waals surface area contributed by atoms with Gasteiger partial charge in [-0.3, -0.25) is 4.79 Å². The van der Waals surface area contributed by atoms with Crippen molar-refractivity contribution in [2.24, 2.45) is 5.92 Å². The molecule has 0 fully saturated rings. The highest BCUT2D eigenvalue weighted by Crippen LogP contribution is 2.10. The van der Waals surface area contributed by atoms with E-state index in [1.165, 1.54) is 6.92 Å². The van der Waals surface area contributed by atoms with E-state index in [1.807, 2.05) is 0 Å². The van der Waals surface area contributed by atoms with Crippen LogP contribution in [0.1, 0.15) is 31.1 Å². The highest BCUT2D eigenvalue weighted by molar-refractivity contribution is 5.94. The van der Waals surface area contributed by atoms with Crippen LogP contribution in [0, 0.1) is 5.92 Å². The van der Waals surface area contributed by atoms with Gasteiger partial charge in [-0.05, 0) is 18.9 Å². The van der Waals surface area contributed by atoms with E-state index in [9.17, 15) is 4.79 Å². The van der Waals surface area contributed by atoms with Crippen molar-refractivity contribution < 1.29 is 9.53 Å². The van der Waals surface area contributed by atoms with Crippen LogP contribution in [0.25, 0.3) is 0 Å². The van der Waals surface area contributed by atoms with Crippen molar-refractivity contribution in [1.82, 2.24) is 4.98 Å². The molecule has 0 N–H and O–H groups in total. The fourth-order valence-corrected chi connectivity index (χ4v) is 0.959. The lowest BCUT2D eigenvalue weighted by molar-refractivity contribution is 0.101. The highest BCUT2D eigenvalue weighted by Gasteiger charge is 2.02. The van der Waals surface area contributed by atoms with Crippen molar-refractivity contribution in [2.75, 3.05) is 6.61 Å². The Morgan fingerprint density at radius 2 is 2.29 bits per heavy atom. The standard InChI is InChI=1S/C11H15NO2/c1-8(2)7-14-11-6-10(9(3)13)4-5-12-11/h4-6,8H,7H2,1-3H3. The molecule has 0 radical (unpaired) electrons. The van der Waals surface area contributed by atoms with Crippen molar-refractivity contribution in [3.63, 3.8) is 0 Å². The summed E-state index contributed by atoms with van der Waals surface area (Å²) >= 11 is 0. The summed E-state index contributed by atoms with van der Waals surface area (Å²) in [6.45, 7) is 6.28. The summed E-state index contributed by atoms with van der Waals surface area (Å²) in [5, 5.41) is 0. The fraction of sp³-hybridized carbons (Fsp3) is 0.455. The number of Topliss-reactive ketones (excluding diaryl/α,β-unsaturated/α-hetero) is 1. The zero-order chi connectivity index (χ0) is 10.6. The second kappa shape index (κ2) is 4.74. The molecule has 3 nitrogen and oxygen atoms in total. The summed E-state index contributed by atoms with van der Waals surface area (Å²) in [6, 6.07) is 3.36. The Bertz CT molecular complexity index is 321. The van der Waals surface area contributed by atoms with E-state index in [0.29, 0.717) is 24.0 Å². The molecule has 14 heavy (non-hydrogen) atoms. The maximum atomic E-state index is 11.1. The van der Waals surface area contributed by atoms with E-state index >= 15 is 0 Å². The number of nitrogens with zero attached hydrogens (tertiary/aromatic N) is 1. The number of pyridine rings is 1. The van der Waals surface area contributed by atoms with Gasteiger partial charge in [0.15, 0.2) is 5.78 Å². The van der Waals surface area contributed by atoms with Gasteiger partial charge in [-0.2, -0.15) is 0 Å². The first-order valence-corrected chi connectivity index (χ1v) is 4.69. The highest BCUT2D eigenvalue weighted by atomic mass is 16.5. The summed E-state index contributed by atoms with van der Waals surface area (Å²) in [4.78, 5) is 15.1. The minimum absolute atomic E-state index is 0.0294. The van der Waals surface area contributed by atoms with Gasteiger partial charge in [-0.1, -0.05) is 13.8 Å². The minimum Gasteiger partial charge on any atom is -0.477 e. The molecule has 0 aromatic carbocycles. The van der Waals surface area contributed by atoms with E-state index in [1.54, 1.807) is 18.3 Å². The summed E-state index contributed by atoms with van der Waals surface area (Å²) in [7, 11) is 0. The van der Waals surface area contributed by atoms with Crippen LogP contribution in [0.4, 0.5) is 0 Å². The lowest BCUT2D eigenvalue weighted by atomic mass is 10.2. The topological polar surface area (TPSA) is 39.2 Å². The molecule has 1 heterocycles. The molecule has 0 atom stereocenters. The van der Waals surface area contributed by atoms with Crippen molar-refractivity contribution in [3.8, 4) is 5.88 Å². The number of aromatic nitrogens is 1. The minimum atomic E-state index is 0.0294. The molecule has 0 bridgehead atoms. The summed E-state index contributed by atoms with van der Waals surface area (Å²) in [5.74, 6) is 1.01. The van der Waals surface area contributed by atoms with Crippen LogP contribution in [0.3, 0.4) is 0 Å². The Kier molecular flexibility index (Phi) is 3.63. The Hall–Kier alpha value is -1.38. The maximum Gasteiger partial charge on any atom is 0.213 e. The number of ether oxygens (including phenoxy) is 1. The first-order valence-electron chi connectivity index (χ1n) is 4.69. The van der Waals surface area contributed by atoms with E-state index in [2.05, 4.69) is 18.8 Å². The second-order valence-corrected chi connectivity index (χ2v) is 3.64. The van der Waals surface area contributed by atoms with Crippen molar-refractivity contribution in [1.29, 1.82) is 0 Å². The van der Waals surface area contributed by atoms with Crippen LogP contribution >= 0.6 is 0 Å². The first kappa shape index (κ1) is 10.7. The molecule has 0 spiro atoms. The molecular formula is C11H15NO2. The van der Waals surface area contributed by atoms with E-state index in [-0.39, 0.29) is 5.78 Å².